The molecule has 1 saturated carbocycles. The second-order valence-electron chi connectivity index (χ2n) is 6.32. The molecule has 2 aromatic rings. The zero-order valence-corrected chi connectivity index (χ0v) is 14.1. The van der Waals surface area contributed by atoms with E-state index in [9.17, 15) is 9.59 Å². The van der Waals surface area contributed by atoms with Crippen LogP contribution in [0.3, 0.4) is 0 Å². The van der Waals surface area contributed by atoms with Gasteiger partial charge in [-0.3, -0.25) is 9.59 Å². The molecule has 0 saturated heterocycles. The average Bonchev–Trinajstić information content (AvgIpc) is 3.07. The van der Waals surface area contributed by atoms with Gasteiger partial charge in [0.1, 0.15) is 5.76 Å². The van der Waals surface area contributed by atoms with Gasteiger partial charge in [-0.05, 0) is 38.0 Å². The first-order valence-electron chi connectivity index (χ1n) is 8.74. The van der Waals surface area contributed by atoms with Crippen molar-refractivity contribution < 1.29 is 9.21 Å². The average molecular weight is 328 g/mol. The highest BCUT2D eigenvalue weighted by Gasteiger charge is 2.26. The summed E-state index contributed by atoms with van der Waals surface area (Å²) in [6, 6.07) is 8.84. The van der Waals surface area contributed by atoms with Gasteiger partial charge in [0.2, 0.25) is 0 Å². The molecule has 1 aliphatic rings. The third kappa shape index (κ3) is 3.61. The van der Waals surface area contributed by atoms with Gasteiger partial charge in [0.05, 0.1) is 6.54 Å². The number of amides is 1. The van der Waals surface area contributed by atoms with Gasteiger partial charge in [0, 0.05) is 24.8 Å². The van der Waals surface area contributed by atoms with Crippen molar-refractivity contribution in [2.45, 2.75) is 51.6 Å². The number of nitrogens with zero attached hydrogens (tertiary/aromatic N) is 2. The molecule has 0 N–H and O–H groups in total. The van der Waals surface area contributed by atoms with E-state index in [2.05, 4.69) is 0 Å². The van der Waals surface area contributed by atoms with Gasteiger partial charge in [0.25, 0.3) is 11.5 Å². The summed E-state index contributed by atoms with van der Waals surface area (Å²) in [7, 11) is 0. The summed E-state index contributed by atoms with van der Waals surface area (Å²) in [4.78, 5) is 26.5. The molecule has 5 nitrogen and oxygen atoms in total. The zero-order valence-electron chi connectivity index (χ0n) is 14.1. The Morgan fingerprint density at radius 3 is 2.71 bits per heavy atom. The van der Waals surface area contributed by atoms with Gasteiger partial charge < -0.3 is 13.9 Å². The number of aromatic nitrogens is 1. The number of rotatable bonds is 5. The minimum absolute atomic E-state index is 0.0453. The lowest BCUT2D eigenvalue weighted by atomic mass is 9.94. The molecule has 0 aliphatic heterocycles. The Balaban J connectivity index is 1.73. The smallest absolute Gasteiger partial charge is 0.289 e. The van der Waals surface area contributed by atoms with E-state index in [1.807, 2.05) is 11.8 Å². The monoisotopic (exact) mass is 328 g/mol. The van der Waals surface area contributed by atoms with Gasteiger partial charge >= 0.3 is 0 Å². The molecule has 0 bridgehead atoms. The fraction of sp³-hybridized carbons (Fsp3) is 0.474. The van der Waals surface area contributed by atoms with Crippen LogP contribution in [0.4, 0.5) is 0 Å². The molecule has 0 spiro atoms. The fourth-order valence-corrected chi connectivity index (χ4v) is 3.44. The van der Waals surface area contributed by atoms with Crippen LogP contribution in [0.15, 0.2) is 45.7 Å². The number of hydrogen-bond donors (Lipinski definition) is 0. The summed E-state index contributed by atoms with van der Waals surface area (Å²) in [5.41, 5.74) is -0.0841. The number of carbonyl (C=O) groups excluding carboxylic acids is 1. The van der Waals surface area contributed by atoms with Crippen molar-refractivity contribution in [2.24, 2.45) is 0 Å². The molecule has 2 heterocycles. The lowest BCUT2D eigenvalue weighted by Crippen LogP contribution is -2.41. The van der Waals surface area contributed by atoms with Gasteiger partial charge in [-0.2, -0.15) is 0 Å². The van der Waals surface area contributed by atoms with Crippen molar-refractivity contribution in [3.05, 3.63) is 58.4 Å². The maximum atomic E-state index is 12.8. The first-order chi connectivity index (χ1) is 11.7. The molecule has 0 unspecified atom stereocenters. The quantitative estimate of drug-likeness (QED) is 0.846. The largest absolute Gasteiger partial charge is 0.454 e. The van der Waals surface area contributed by atoms with Crippen LogP contribution in [0.25, 0.3) is 0 Å². The van der Waals surface area contributed by atoms with Crippen LogP contribution in [0.1, 0.15) is 55.3 Å². The molecule has 3 rings (SSSR count). The normalized spacial score (nSPS) is 15.4. The third-order valence-corrected chi connectivity index (χ3v) is 4.71. The highest BCUT2D eigenvalue weighted by atomic mass is 16.4. The van der Waals surface area contributed by atoms with Crippen LogP contribution in [0.5, 0.6) is 0 Å². The Morgan fingerprint density at radius 1 is 1.21 bits per heavy atom. The lowest BCUT2D eigenvalue weighted by molar-refractivity contribution is 0.0613. The van der Waals surface area contributed by atoms with E-state index in [1.165, 1.54) is 25.3 Å². The predicted molar refractivity (Wildman–Crippen MR) is 92.1 cm³/mol. The second kappa shape index (κ2) is 7.51. The van der Waals surface area contributed by atoms with Crippen LogP contribution >= 0.6 is 0 Å². The van der Waals surface area contributed by atoms with Crippen LogP contribution in [-0.2, 0) is 6.54 Å². The van der Waals surface area contributed by atoms with Gasteiger partial charge in [-0.1, -0.05) is 25.3 Å². The molecule has 24 heavy (non-hydrogen) atoms. The molecular formula is C19H24N2O3. The van der Waals surface area contributed by atoms with Crippen LogP contribution in [-0.4, -0.2) is 28.0 Å². The van der Waals surface area contributed by atoms with E-state index in [4.69, 9.17) is 4.42 Å². The van der Waals surface area contributed by atoms with E-state index >= 15 is 0 Å². The molecule has 5 heteroatoms. The van der Waals surface area contributed by atoms with Crippen molar-refractivity contribution >= 4 is 5.91 Å². The summed E-state index contributed by atoms with van der Waals surface area (Å²) in [6.45, 7) is 3.04. The Morgan fingerprint density at radius 2 is 2.00 bits per heavy atom. The molecule has 1 amide bonds. The van der Waals surface area contributed by atoms with Gasteiger partial charge in [-0.25, -0.2) is 0 Å². The summed E-state index contributed by atoms with van der Waals surface area (Å²) in [5, 5.41) is 0. The predicted octanol–water partition coefficient (Wildman–Crippen LogP) is 3.28. The zero-order chi connectivity index (χ0) is 16.9. The SMILES string of the molecule is CCN(C(=O)c1ccc(Cn2ccccc2=O)o1)C1CCCCC1. The first kappa shape index (κ1) is 16.6. The Bertz CT molecular complexity index is 741. The summed E-state index contributed by atoms with van der Waals surface area (Å²) < 4.78 is 7.29. The summed E-state index contributed by atoms with van der Waals surface area (Å²) >= 11 is 0. The maximum Gasteiger partial charge on any atom is 0.289 e. The Labute approximate surface area is 141 Å². The van der Waals surface area contributed by atoms with Crippen molar-refractivity contribution in [1.82, 2.24) is 9.47 Å². The number of furan rings is 1. The Hall–Kier alpha value is -2.30. The highest BCUT2D eigenvalue weighted by Crippen LogP contribution is 2.24. The lowest BCUT2D eigenvalue weighted by Gasteiger charge is -2.33. The highest BCUT2D eigenvalue weighted by molar-refractivity contribution is 5.91. The van der Waals surface area contributed by atoms with Crippen molar-refractivity contribution in [3.8, 4) is 0 Å². The molecule has 1 fully saturated rings. The summed E-state index contributed by atoms with van der Waals surface area (Å²) in [5.74, 6) is 0.934. The number of carbonyl (C=O) groups is 1. The number of hydrogen-bond acceptors (Lipinski definition) is 3. The van der Waals surface area contributed by atoms with E-state index in [0.717, 1.165) is 12.8 Å². The molecular weight excluding hydrogens is 304 g/mol. The maximum absolute atomic E-state index is 12.8. The second-order valence-corrected chi connectivity index (χ2v) is 6.32. The van der Waals surface area contributed by atoms with Crippen LogP contribution in [0.2, 0.25) is 0 Å². The Kier molecular flexibility index (Phi) is 5.18. The molecule has 0 radical (unpaired) electrons. The van der Waals surface area contributed by atoms with Gasteiger partial charge in [-0.15, -0.1) is 0 Å². The van der Waals surface area contributed by atoms with E-state index in [1.54, 1.807) is 35.0 Å². The molecule has 2 aromatic heterocycles. The standard InChI is InChI=1S/C19H24N2O3/c1-2-21(15-8-4-3-5-9-15)19(23)17-12-11-16(24-17)14-20-13-7-6-10-18(20)22/h6-7,10-13,15H,2-5,8-9,14H2,1H3. The third-order valence-electron chi connectivity index (χ3n) is 4.71. The van der Waals surface area contributed by atoms with Crippen molar-refractivity contribution in [2.75, 3.05) is 6.54 Å². The van der Waals surface area contributed by atoms with E-state index < -0.39 is 0 Å². The van der Waals surface area contributed by atoms with E-state index in [-0.39, 0.29) is 11.5 Å². The van der Waals surface area contributed by atoms with Crippen LogP contribution in [0, 0.1) is 0 Å². The first-order valence-corrected chi connectivity index (χ1v) is 8.74. The molecule has 0 aromatic carbocycles. The van der Waals surface area contributed by atoms with Gasteiger partial charge in [0.15, 0.2) is 5.76 Å². The molecule has 128 valence electrons. The summed E-state index contributed by atoms with van der Waals surface area (Å²) in [6.07, 6.45) is 7.51. The van der Waals surface area contributed by atoms with Crippen LogP contribution < -0.4 is 5.56 Å². The molecule has 1 aliphatic carbocycles. The van der Waals surface area contributed by atoms with Crippen molar-refractivity contribution in [1.29, 1.82) is 0 Å². The number of pyridine rings is 1. The minimum atomic E-state index is -0.0841. The van der Waals surface area contributed by atoms with E-state index in [0.29, 0.717) is 30.7 Å². The minimum Gasteiger partial charge on any atom is -0.454 e. The fourth-order valence-electron chi connectivity index (χ4n) is 3.44. The molecule has 0 atom stereocenters. The van der Waals surface area contributed by atoms with Crippen molar-refractivity contribution in [3.63, 3.8) is 0 Å². The topological polar surface area (TPSA) is 55.5 Å².